The Kier molecular flexibility index (Phi) is 10.7. The van der Waals surface area contributed by atoms with Gasteiger partial charge in [-0.3, -0.25) is 14.4 Å². The number of sulfone groups is 1. The lowest BCUT2D eigenvalue weighted by molar-refractivity contribution is -0.147. The number of thiazole rings is 1. The monoisotopic (exact) mass is 585 g/mol. The van der Waals surface area contributed by atoms with Gasteiger partial charge in [-0.1, -0.05) is 29.0 Å². The lowest BCUT2D eigenvalue weighted by Crippen LogP contribution is -2.36. The van der Waals surface area contributed by atoms with Crippen LogP contribution in [0.4, 0.5) is 5.13 Å². The van der Waals surface area contributed by atoms with E-state index < -0.39 is 15.8 Å². The number of aromatic nitrogens is 1. The highest BCUT2D eigenvalue weighted by atomic mass is 35.5. The van der Waals surface area contributed by atoms with Crippen molar-refractivity contribution in [1.29, 1.82) is 0 Å². The summed E-state index contributed by atoms with van der Waals surface area (Å²) in [7, 11) is -3.52. The number of anilines is 1. The van der Waals surface area contributed by atoms with E-state index in [1.807, 2.05) is 0 Å². The molecule has 0 radical (unpaired) electrons. The maximum atomic E-state index is 12.6. The Labute approximate surface area is 231 Å². The SMILES string of the molecule is Cc1nc(NC(=O)CC[C@@H](CCC(=O)O)NCC(=O)OC2CCCC2)sc1-c1ccc(Cl)c(S(C)(=O)=O)c1. The minimum Gasteiger partial charge on any atom is -0.481 e. The Hall–Kier alpha value is -2.54. The molecule has 1 aliphatic rings. The topological polar surface area (TPSA) is 152 Å². The Morgan fingerprint density at radius 3 is 2.55 bits per heavy atom. The lowest BCUT2D eigenvalue weighted by Gasteiger charge is -2.18. The number of nitrogens with one attached hydrogen (secondary N) is 2. The minimum atomic E-state index is -3.52. The number of esters is 1. The van der Waals surface area contributed by atoms with Crippen molar-refractivity contribution in [2.45, 2.75) is 75.3 Å². The molecule has 2 aromatic rings. The first kappa shape index (κ1) is 30.0. The van der Waals surface area contributed by atoms with Crippen LogP contribution in [0.5, 0.6) is 0 Å². The molecule has 0 bridgehead atoms. The zero-order valence-electron chi connectivity index (χ0n) is 21.3. The van der Waals surface area contributed by atoms with Crippen LogP contribution in [0.1, 0.15) is 57.1 Å². The van der Waals surface area contributed by atoms with Gasteiger partial charge < -0.3 is 20.5 Å². The zero-order chi connectivity index (χ0) is 27.9. The van der Waals surface area contributed by atoms with E-state index >= 15 is 0 Å². The van der Waals surface area contributed by atoms with Gasteiger partial charge in [0.1, 0.15) is 6.10 Å². The van der Waals surface area contributed by atoms with Gasteiger partial charge in [-0.05, 0) is 63.1 Å². The molecule has 38 heavy (non-hydrogen) atoms. The fourth-order valence-electron chi connectivity index (χ4n) is 4.24. The molecule has 0 aliphatic heterocycles. The minimum absolute atomic E-state index is 0.0158. The van der Waals surface area contributed by atoms with Gasteiger partial charge in [0.2, 0.25) is 5.91 Å². The molecule has 1 saturated carbocycles. The molecule has 1 aliphatic carbocycles. The first-order valence-corrected chi connectivity index (χ1v) is 15.4. The van der Waals surface area contributed by atoms with Crippen molar-refractivity contribution in [3.05, 3.63) is 28.9 Å². The molecule has 0 unspecified atom stereocenters. The van der Waals surface area contributed by atoms with Gasteiger partial charge in [0, 0.05) is 25.1 Å². The number of carboxylic acid groups (broad SMARTS) is 1. The summed E-state index contributed by atoms with van der Waals surface area (Å²) < 4.78 is 29.5. The summed E-state index contributed by atoms with van der Waals surface area (Å²) in [6, 6.07) is 4.34. The van der Waals surface area contributed by atoms with E-state index in [-0.39, 0.29) is 59.7 Å². The molecule has 1 heterocycles. The predicted octanol–water partition coefficient (Wildman–Crippen LogP) is 4.20. The molecule has 1 fully saturated rings. The van der Waals surface area contributed by atoms with Crippen molar-refractivity contribution in [1.82, 2.24) is 10.3 Å². The van der Waals surface area contributed by atoms with Crippen molar-refractivity contribution in [3.8, 4) is 10.4 Å². The Morgan fingerprint density at radius 1 is 1.21 bits per heavy atom. The number of amides is 1. The maximum absolute atomic E-state index is 12.6. The molecular formula is C25H32ClN3O7S2. The summed E-state index contributed by atoms with van der Waals surface area (Å²) in [5, 5.41) is 15.3. The summed E-state index contributed by atoms with van der Waals surface area (Å²) in [6.07, 6.45) is 5.43. The number of carbonyl (C=O) groups is 3. The van der Waals surface area contributed by atoms with E-state index in [0.29, 0.717) is 27.7 Å². The zero-order valence-corrected chi connectivity index (χ0v) is 23.7. The van der Waals surface area contributed by atoms with Crippen LogP contribution in [0.15, 0.2) is 23.1 Å². The number of halogens is 1. The molecule has 0 saturated heterocycles. The third kappa shape index (κ3) is 9.04. The van der Waals surface area contributed by atoms with Gasteiger partial charge in [0.15, 0.2) is 15.0 Å². The Balaban J connectivity index is 1.58. The number of ether oxygens (including phenoxy) is 1. The summed E-state index contributed by atoms with van der Waals surface area (Å²) in [6.45, 7) is 1.71. The second-order valence-corrected chi connectivity index (χ2v) is 12.7. The van der Waals surface area contributed by atoms with Crippen LogP contribution < -0.4 is 10.6 Å². The molecule has 3 rings (SSSR count). The predicted molar refractivity (Wildman–Crippen MR) is 145 cm³/mol. The van der Waals surface area contributed by atoms with Crippen molar-refractivity contribution < 1.29 is 32.6 Å². The van der Waals surface area contributed by atoms with Crippen LogP contribution in [0.2, 0.25) is 5.02 Å². The molecule has 0 spiro atoms. The van der Waals surface area contributed by atoms with Gasteiger partial charge in [-0.25, -0.2) is 13.4 Å². The van der Waals surface area contributed by atoms with E-state index in [1.165, 1.54) is 23.5 Å². The number of hydrogen-bond donors (Lipinski definition) is 3. The van der Waals surface area contributed by atoms with E-state index in [9.17, 15) is 22.8 Å². The number of carboxylic acids is 1. The van der Waals surface area contributed by atoms with Crippen LogP contribution in [-0.2, 0) is 29.0 Å². The van der Waals surface area contributed by atoms with Gasteiger partial charge in [-0.2, -0.15) is 0 Å². The maximum Gasteiger partial charge on any atom is 0.320 e. The first-order valence-electron chi connectivity index (χ1n) is 12.3. The number of aryl methyl sites for hydroxylation is 1. The molecular weight excluding hydrogens is 554 g/mol. The van der Waals surface area contributed by atoms with Gasteiger partial charge in [0.05, 0.1) is 27.0 Å². The van der Waals surface area contributed by atoms with Crippen molar-refractivity contribution >= 4 is 55.8 Å². The number of rotatable bonds is 13. The van der Waals surface area contributed by atoms with Crippen LogP contribution in [0, 0.1) is 6.92 Å². The van der Waals surface area contributed by atoms with Crippen molar-refractivity contribution in [2.75, 3.05) is 18.1 Å². The number of nitrogens with zero attached hydrogens (tertiary/aromatic N) is 1. The molecule has 208 valence electrons. The van der Waals surface area contributed by atoms with E-state index in [1.54, 1.807) is 13.0 Å². The second-order valence-electron chi connectivity index (χ2n) is 9.34. The molecule has 1 atom stereocenters. The average Bonchev–Trinajstić information content (AvgIpc) is 3.47. The fourth-order valence-corrected chi connectivity index (χ4v) is 6.52. The summed E-state index contributed by atoms with van der Waals surface area (Å²) in [4.78, 5) is 40.9. The van der Waals surface area contributed by atoms with Gasteiger partial charge >= 0.3 is 11.9 Å². The van der Waals surface area contributed by atoms with Crippen LogP contribution in [-0.4, -0.2) is 61.3 Å². The molecule has 1 aromatic carbocycles. The highest BCUT2D eigenvalue weighted by molar-refractivity contribution is 7.90. The highest BCUT2D eigenvalue weighted by Gasteiger charge is 2.21. The molecule has 10 nitrogen and oxygen atoms in total. The lowest BCUT2D eigenvalue weighted by atomic mass is 10.1. The Morgan fingerprint density at radius 2 is 1.89 bits per heavy atom. The van der Waals surface area contributed by atoms with E-state index in [4.69, 9.17) is 21.4 Å². The second kappa shape index (κ2) is 13.5. The quantitative estimate of drug-likeness (QED) is 0.294. The van der Waals surface area contributed by atoms with Gasteiger partial charge in [0.25, 0.3) is 0 Å². The van der Waals surface area contributed by atoms with Gasteiger partial charge in [-0.15, -0.1) is 0 Å². The summed E-state index contributed by atoms with van der Waals surface area (Å²) >= 11 is 7.26. The smallest absolute Gasteiger partial charge is 0.320 e. The van der Waals surface area contributed by atoms with E-state index in [0.717, 1.165) is 31.9 Å². The summed E-state index contributed by atoms with van der Waals surface area (Å²) in [5.41, 5.74) is 1.24. The largest absolute Gasteiger partial charge is 0.481 e. The molecule has 3 N–H and O–H groups in total. The standard InChI is InChI=1S/C25H32ClN3O7S2/c1-15-24(16-7-10-19(26)20(13-16)38(2,34)35)37-25(28-15)29-21(30)11-8-17(9-12-22(31)32)27-14-23(33)36-18-5-3-4-6-18/h7,10,13,17-18,27H,3-6,8-9,11-12,14H2,1-2H3,(H,31,32)(H,28,29,30)/t17-/m0/s1. The normalized spacial score (nSPS) is 14.8. The Bertz CT molecular complexity index is 1270. The average molecular weight is 586 g/mol. The number of benzene rings is 1. The van der Waals surface area contributed by atoms with Crippen molar-refractivity contribution in [3.63, 3.8) is 0 Å². The highest BCUT2D eigenvalue weighted by Crippen LogP contribution is 2.35. The van der Waals surface area contributed by atoms with Crippen molar-refractivity contribution in [2.24, 2.45) is 0 Å². The van der Waals surface area contributed by atoms with Crippen LogP contribution >= 0.6 is 22.9 Å². The fraction of sp³-hybridized carbons (Fsp3) is 0.520. The molecule has 1 amide bonds. The number of hydrogen-bond acceptors (Lipinski definition) is 9. The third-order valence-corrected chi connectivity index (χ3v) is 8.90. The number of aliphatic carboxylic acids is 1. The van der Waals surface area contributed by atoms with Crippen LogP contribution in [0.25, 0.3) is 10.4 Å². The number of carbonyl (C=O) groups excluding carboxylic acids is 2. The van der Waals surface area contributed by atoms with E-state index in [2.05, 4.69) is 15.6 Å². The third-order valence-electron chi connectivity index (χ3n) is 6.20. The molecule has 1 aromatic heterocycles. The first-order chi connectivity index (χ1) is 17.9. The van der Waals surface area contributed by atoms with Crippen LogP contribution in [0.3, 0.4) is 0 Å². The summed E-state index contributed by atoms with van der Waals surface area (Å²) in [5.74, 6) is -1.65. The molecule has 13 heteroatoms.